The van der Waals surface area contributed by atoms with Crippen LogP contribution in [0.4, 0.5) is 0 Å². The molecule has 1 aromatic heterocycles. The van der Waals surface area contributed by atoms with E-state index < -0.39 is 23.5 Å². The van der Waals surface area contributed by atoms with Crippen molar-refractivity contribution in [3.63, 3.8) is 0 Å². The van der Waals surface area contributed by atoms with Crippen molar-refractivity contribution in [2.45, 2.75) is 104 Å². The molecule has 7 unspecified atom stereocenters. The third kappa shape index (κ3) is 6.59. The predicted molar refractivity (Wildman–Crippen MR) is 138 cm³/mol. The van der Waals surface area contributed by atoms with Gasteiger partial charge >= 0.3 is 0 Å². The van der Waals surface area contributed by atoms with Gasteiger partial charge in [-0.15, -0.1) is 11.3 Å². The number of aryl methyl sites for hydroxylation is 1. The summed E-state index contributed by atoms with van der Waals surface area (Å²) in [5.74, 6) is -1.11. The fourth-order valence-electron chi connectivity index (χ4n) is 5.23. The molecule has 3 rings (SSSR count). The topological polar surface area (TPSA) is 103 Å². The number of thiazole rings is 1. The molecular formula is C27H42N2O5S. The molecule has 0 aliphatic carbocycles. The van der Waals surface area contributed by atoms with E-state index in [4.69, 9.17) is 4.74 Å². The number of amides is 1. The molecule has 1 aromatic rings. The number of ketones is 1. The lowest BCUT2D eigenvalue weighted by molar-refractivity contribution is -0.145. The summed E-state index contributed by atoms with van der Waals surface area (Å²) in [5, 5.41) is 24.8. The number of nitrogens with zero attached hydrogens (tertiary/aromatic N) is 2. The predicted octanol–water partition coefficient (Wildman–Crippen LogP) is 4.00. The number of aliphatic hydroxyl groups excluding tert-OH is 2. The first kappa shape index (κ1) is 28.0. The average molecular weight is 507 g/mol. The van der Waals surface area contributed by atoms with Gasteiger partial charge in [-0.3, -0.25) is 9.59 Å². The minimum atomic E-state index is -1.16. The number of epoxide rings is 1. The Morgan fingerprint density at radius 2 is 1.91 bits per heavy atom. The molecule has 2 saturated heterocycles. The van der Waals surface area contributed by atoms with E-state index in [0.29, 0.717) is 6.42 Å². The maximum Gasteiger partial charge on any atom is 0.225 e. The van der Waals surface area contributed by atoms with E-state index in [-0.39, 0.29) is 42.3 Å². The second kappa shape index (κ2) is 11.2. The van der Waals surface area contributed by atoms with Crippen LogP contribution in [0.3, 0.4) is 0 Å². The van der Waals surface area contributed by atoms with E-state index >= 15 is 0 Å². The van der Waals surface area contributed by atoms with Crippen molar-refractivity contribution in [1.29, 1.82) is 0 Å². The molecule has 2 aliphatic rings. The molecule has 2 N–H and O–H groups in total. The fraction of sp³-hybridized carbons (Fsp3) is 0.741. The molecule has 0 radical (unpaired) electrons. The minimum absolute atomic E-state index is 0.0424. The largest absolute Gasteiger partial charge is 0.392 e. The second-order valence-electron chi connectivity index (χ2n) is 11.1. The van der Waals surface area contributed by atoms with Crippen LogP contribution in [-0.2, 0) is 14.3 Å². The molecule has 7 atom stereocenters. The summed E-state index contributed by atoms with van der Waals surface area (Å²) >= 11 is 1.59. The molecule has 1 amide bonds. The number of rotatable bonds is 2. The van der Waals surface area contributed by atoms with Gasteiger partial charge in [-0.1, -0.05) is 34.1 Å². The van der Waals surface area contributed by atoms with E-state index in [9.17, 15) is 19.8 Å². The Bertz CT molecular complexity index is 942. The molecule has 2 fully saturated rings. The quantitative estimate of drug-likeness (QED) is 0.588. The first-order valence-electron chi connectivity index (χ1n) is 12.7. The lowest BCUT2D eigenvalue weighted by Crippen LogP contribution is -2.47. The molecule has 8 heteroatoms. The molecular weight excluding hydrogens is 464 g/mol. The van der Waals surface area contributed by atoms with Gasteiger partial charge < -0.3 is 19.8 Å². The fourth-order valence-corrected chi connectivity index (χ4v) is 5.81. The number of ether oxygens (including phenoxy) is 1. The molecule has 0 bridgehead atoms. The Morgan fingerprint density at radius 1 is 1.23 bits per heavy atom. The van der Waals surface area contributed by atoms with Gasteiger partial charge in [0.2, 0.25) is 5.91 Å². The molecule has 0 spiro atoms. The van der Waals surface area contributed by atoms with Crippen molar-refractivity contribution in [3.8, 4) is 0 Å². The molecule has 3 heterocycles. The Labute approximate surface area is 213 Å². The number of carbonyl (C=O) groups excluding carboxylic acids is 2. The zero-order valence-electron chi connectivity index (χ0n) is 22.2. The number of carbonyl (C=O) groups is 2. The number of Topliss-reactive ketones (excluding diaryl/α,β-unsaturated/α-hetero) is 1. The van der Waals surface area contributed by atoms with Gasteiger partial charge in [0.05, 0.1) is 53.0 Å². The Kier molecular flexibility index (Phi) is 8.95. The molecule has 196 valence electrons. The van der Waals surface area contributed by atoms with Gasteiger partial charge in [0.25, 0.3) is 0 Å². The maximum atomic E-state index is 13.3. The molecule has 0 aromatic carbocycles. The minimum Gasteiger partial charge on any atom is -0.392 e. The summed E-state index contributed by atoms with van der Waals surface area (Å²) in [6, 6.07) is -0.196. The van der Waals surface area contributed by atoms with Crippen LogP contribution in [0.1, 0.15) is 77.4 Å². The standard InChI is InChI=1S/C27H42N2O5S/c1-15-9-8-10-21-22(34-21)12-20(16(2)11-19-14-35-18(4)28-19)29(7)24(31)13-23(30)27(5,6)26(33)17(3)25(15)32/h11,14-15,17,20-23,25,30,32H,8-10,12-13H2,1-7H3. The number of hydrogen-bond acceptors (Lipinski definition) is 7. The van der Waals surface area contributed by atoms with E-state index in [2.05, 4.69) is 4.98 Å². The first-order chi connectivity index (χ1) is 16.3. The monoisotopic (exact) mass is 506 g/mol. The van der Waals surface area contributed by atoms with Crippen molar-refractivity contribution in [1.82, 2.24) is 9.88 Å². The number of aromatic nitrogens is 1. The van der Waals surface area contributed by atoms with Gasteiger partial charge in [-0.25, -0.2) is 4.98 Å². The van der Waals surface area contributed by atoms with Crippen LogP contribution in [-0.4, -0.2) is 69.3 Å². The van der Waals surface area contributed by atoms with E-state index in [1.165, 1.54) is 0 Å². The summed E-state index contributed by atoms with van der Waals surface area (Å²) < 4.78 is 5.97. The zero-order valence-corrected chi connectivity index (χ0v) is 23.0. The summed E-state index contributed by atoms with van der Waals surface area (Å²) in [6.07, 6.45) is 3.41. The summed E-state index contributed by atoms with van der Waals surface area (Å²) in [4.78, 5) is 32.8. The number of fused-ring (bicyclic) bond motifs is 1. The second-order valence-corrected chi connectivity index (χ2v) is 12.2. The van der Waals surface area contributed by atoms with Gasteiger partial charge in [0.15, 0.2) is 0 Å². The Balaban J connectivity index is 1.87. The van der Waals surface area contributed by atoms with Crippen molar-refractivity contribution < 1.29 is 24.5 Å². The van der Waals surface area contributed by atoms with Crippen LogP contribution >= 0.6 is 11.3 Å². The highest BCUT2D eigenvalue weighted by Gasteiger charge is 2.44. The van der Waals surface area contributed by atoms with Crippen LogP contribution in [0.25, 0.3) is 6.08 Å². The average Bonchev–Trinajstić information content (AvgIpc) is 3.42. The third-order valence-electron chi connectivity index (χ3n) is 8.04. The summed E-state index contributed by atoms with van der Waals surface area (Å²) in [6.45, 7) is 11.0. The highest BCUT2D eigenvalue weighted by Crippen LogP contribution is 2.36. The zero-order chi connectivity index (χ0) is 26.1. The van der Waals surface area contributed by atoms with Crippen molar-refractivity contribution >= 4 is 29.1 Å². The first-order valence-corrected chi connectivity index (χ1v) is 13.6. The van der Waals surface area contributed by atoms with Crippen molar-refractivity contribution in [2.75, 3.05) is 7.05 Å². The van der Waals surface area contributed by atoms with Crippen molar-refractivity contribution in [3.05, 3.63) is 21.7 Å². The van der Waals surface area contributed by atoms with Gasteiger partial charge in [0.1, 0.15) is 5.78 Å². The van der Waals surface area contributed by atoms with E-state index in [1.54, 1.807) is 44.1 Å². The summed E-state index contributed by atoms with van der Waals surface area (Å²) in [5.41, 5.74) is 0.730. The number of likely N-dealkylation sites (N-methyl/N-ethyl adjacent to an activating group) is 1. The number of hydrogen-bond donors (Lipinski definition) is 2. The van der Waals surface area contributed by atoms with Gasteiger partial charge in [0, 0.05) is 24.8 Å². The van der Waals surface area contributed by atoms with Crippen LogP contribution < -0.4 is 0 Å². The van der Waals surface area contributed by atoms with Crippen LogP contribution in [0, 0.1) is 24.2 Å². The lowest BCUT2D eigenvalue weighted by atomic mass is 9.73. The highest BCUT2D eigenvalue weighted by atomic mass is 32.1. The summed E-state index contributed by atoms with van der Waals surface area (Å²) in [7, 11) is 1.76. The highest BCUT2D eigenvalue weighted by molar-refractivity contribution is 7.09. The van der Waals surface area contributed by atoms with Crippen LogP contribution in [0.5, 0.6) is 0 Å². The lowest BCUT2D eigenvalue weighted by Gasteiger charge is -2.36. The molecule has 2 aliphatic heterocycles. The van der Waals surface area contributed by atoms with Gasteiger partial charge in [-0.2, -0.15) is 0 Å². The molecule has 35 heavy (non-hydrogen) atoms. The van der Waals surface area contributed by atoms with Crippen LogP contribution in [0.15, 0.2) is 11.0 Å². The van der Waals surface area contributed by atoms with Crippen LogP contribution in [0.2, 0.25) is 0 Å². The van der Waals surface area contributed by atoms with E-state index in [1.807, 2.05) is 32.2 Å². The van der Waals surface area contributed by atoms with Gasteiger partial charge in [-0.05, 0) is 44.3 Å². The smallest absolute Gasteiger partial charge is 0.225 e. The molecule has 0 saturated carbocycles. The molecule has 7 nitrogen and oxygen atoms in total. The normalized spacial score (nSPS) is 35.6. The third-order valence-corrected chi connectivity index (χ3v) is 8.83. The SMILES string of the molecule is CC(=Cc1csc(C)n1)C1CC2OC2CCCC(C)C(O)C(C)C(=O)C(C)(C)C(O)CC(=O)N1C. The number of aliphatic hydroxyl groups is 2. The Hall–Kier alpha value is -1.61. The maximum absolute atomic E-state index is 13.3. The van der Waals surface area contributed by atoms with E-state index in [0.717, 1.165) is 35.5 Å². The van der Waals surface area contributed by atoms with Crippen molar-refractivity contribution in [2.24, 2.45) is 17.3 Å². The Morgan fingerprint density at radius 3 is 2.54 bits per heavy atom.